The Morgan fingerprint density at radius 3 is 1.76 bits per heavy atom. The highest BCUT2D eigenvalue weighted by atomic mass is 35.5. The van der Waals surface area contributed by atoms with Crippen molar-refractivity contribution < 1.29 is 57.5 Å². The SMILES string of the molecule is CC[C@H](C)[C@@H]1NC(=O)[C@H](CC(C)C)N(C)C(=O)C[C@@H](C(=O)N2CCCCC2)N(C)C(=O)[C@H](C(C)C)N(C)C(=O)C2(CCCC2)NC(=O)[C@@H]2CCCN2C(=O)[C@H](CCC2CCC(Cl)CC2)NC(=O)CN(C)C(=O)[C@H](CC2CCCCC2)N(C)C(=O)[C@@H]2CCCN2C(=O)CN(C)C1=O. The molecule has 540 valence electrons. The molecule has 9 atom stereocenters. The van der Waals surface area contributed by atoms with Gasteiger partial charge < -0.3 is 60.0 Å². The van der Waals surface area contributed by atoms with E-state index < -0.39 is 156 Å². The molecule has 0 radical (unpaired) electrons. The maximum atomic E-state index is 15.4. The predicted molar refractivity (Wildman–Crippen MR) is 365 cm³/mol. The number of nitrogens with zero attached hydrogens (tertiary/aromatic N) is 9. The fraction of sp³-hybridized carbons (Fsp3) is 0.831. The lowest BCUT2D eigenvalue weighted by Crippen LogP contribution is -2.65. The van der Waals surface area contributed by atoms with E-state index in [9.17, 15) is 28.8 Å². The van der Waals surface area contributed by atoms with Crippen LogP contribution in [0.5, 0.6) is 0 Å². The van der Waals surface area contributed by atoms with Crippen molar-refractivity contribution >= 4 is 82.5 Å². The van der Waals surface area contributed by atoms with Gasteiger partial charge in [-0.1, -0.05) is 92.9 Å². The monoisotopic (exact) mass is 1360 g/mol. The Labute approximate surface area is 576 Å². The molecule has 4 aliphatic heterocycles. The van der Waals surface area contributed by atoms with Gasteiger partial charge in [-0.25, -0.2) is 0 Å². The van der Waals surface area contributed by atoms with Crippen LogP contribution in [0.4, 0.5) is 0 Å². The second-order valence-corrected chi connectivity index (χ2v) is 30.9. The number of nitrogens with one attached hydrogen (secondary N) is 3. The van der Waals surface area contributed by atoms with Crippen LogP contribution in [0.3, 0.4) is 0 Å². The summed E-state index contributed by atoms with van der Waals surface area (Å²) in [5.74, 6) is -7.21. The molecule has 7 rings (SSSR count). The fourth-order valence-corrected chi connectivity index (χ4v) is 16.5. The van der Waals surface area contributed by atoms with E-state index in [1.165, 1.54) is 74.4 Å². The van der Waals surface area contributed by atoms with E-state index in [-0.39, 0.29) is 68.3 Å². The minimum atomic E-state index is -1.47. The maximum Gasteiger partial charge on any atom is 0.248 e. The van der Waals surface area contributed by atoms with Crippen LogP contribution in [0.2, 0.25) is 0 Å². The van der Waals surface area contributed by atoms with Crippen molar-refractivity contribution in [2.24, 2.45) is 29.6 Å². The predicted octanol–water partition coefficient (Wildman–Crippen LogP) is 5.30. The fourth-order valence-electron chi connectivity index (χ4n) is 16.3. The van der Waals surface area contributed by atoms with Gasteiger partial charge in [0.05, 0.1) is 19.5 Å². The number of fused-ring (bicyclic) bond motifs is 2. The standard InChI is InChI=1S/C71H117ClN12O12/c1-13-47(6)60-68(94)77(8)44-59(87)83-38-23-27-53(83)66(92)79(10)55(41-49-24-16-14-17-25-49)65(91)76(7)43-57(85)73-51(33-30-48-28-31-50(72)32-29-48)64(90)84-39-22-26-52(84)63(89)75-71(34-18-19-35-71)70(96)81(12)61(46(4)5)69(95)80(11)56(67(93)82-36-20-15-21-37-82)42-58(86)78(9)54(40-45(2)3)62(88)74-60/h45-56,60-61H,13-44H2,1-12H3,(H,73,85)(H,74,88)(H,75,89)/t47-,48?,50?,51-,52-,53-,54-,55-,56-,60-,61-/m0/s1. The van der Waals surface area contributed by atoms with Gasteiger partial charge in [0.2, 0.25) is 70.9 Å². The average molecular weight is 1370 g/mol. The Morgan fingerprint density at radius 1 is 0.542 bits per heavy atom. The van der Waals surface area contributed by atoms with E-state index in [1.807, 2.05) is 20.8 Å². The number of hydrogen-bond donors (Lipinski definition) is 3. The van der Waals surface area contributed by atoms with Gasteiger partial charge in [-0.3, -0.25) is 57.5 Å². The molecule has 3 aliphatic carbocycles. The third-order valence-corrected chi connectivity index (χ3v) is 22.9. The number of hydrogen-bond acceptors (Lipinski definition) is 12. The third-order valence-electron chi connectivity index (χ3n) is 22.5. The Bertz CT molecular complexity index is 2760. The Morgan fingerprint density at radius 2 is 1.15 bits per heavy atom. The highest BCUT2D eigenvalue weighted by molar-refractivity contribution is 6.20. The van der Waals surface area contributed by atoms with E-state index in [0.29, 0.717) is 64.5 Å². The first-order valence-electron chi connectivity index (χ1n) is 36.5. The van der Waals surface area contributed by atoms with Gasteiger partial charge in [0.15, 0.2) is 0 Å². The van der Waals surface area contributed by atoms with Gasteiger partial charge in [0.1, 0.15) is 53.9 Å². The van der Waals surface area contributed by atoms with Crippen molar-refractivity contribution in [1.29, 1.82) is 0 Å². The van der Waals surface area contributed by atoms with Gasteiger partial charge in [-0.2, -0.15) is 0 Å². The summed E-state index contributed by atoms with van der Waals surface area (Å²) in [5.41, 5.74) is -1.47. The zero-order valence-corrected chi connectivity index (χ0v) is 60.8. The number of amides is 12. The van der Waals surface area contributed by atoms with Crippen LogP contribution < -0.4 is 16.0 Å². The molecular formula is C71H117ClN12O12. The molecule has 4 saturated heterocycles. The first kappa shape index (κ1) is 77.3. The molecule has 25 heteroatoms. The summed E-state index contributed by atoms with van der Waals surface area (Å²) in [7, 11) is 8.98. The van der Waals surface area contributed by atoms with Crippen molar-refractivity contribution in [3.63, 3.8) is 0 Å². The molecule has 0 aromatic carbocycles. The largest absolute Gasteiger partial charge is 0.343 e. The number of carbonyl (C=O) groups is 12. The minimum absolute atomic E-state index is 0.0612. The van der Waals surface area contributed by atoms with Crippen molar-refractivity contribution in [2.75, 3.05) is 81.6 Å². The first-order chi connectivity index (χ1) is 45.5. The van der Waals surface area contributed by atoms with E-state index in [0.717, 1.165) is 77.0 Å². The summed E-state index contributed by atoms with van der Waals surface area (Å²) < 4.78 is 0. The molecule has 3 saturated carbocycles. The van der Waals surface area contributed by atoms with E-state index in [2.05, 4.69) is 16.0 Å². The highest BCUT2D eigenvalue weighted by Crippen LogP contribution is 2.36. The number of carbonyl (C=O) groups excluding carboxylic acids is 12. The normalized spacial score (nSPS) is 30.2. The Kier molecular flexibility index (Phi) is 28.3. The molecule has 0 bridgehead atoms. The van der Waals surface area contributed by atoms with Gasteiger partial charge >= 0.3 is 0 Å². The smallest absolute Gasteiger partial charge is 0.248 e. The summed E-state index contributed by atoms with van der Waals surface area (Å²) >= 11 is 6.53. The topological polar surface area (TPSA) is 270 Å². The average Bonchev–Trinajstić information content (AvgIpc) is 1.82. The zero-order valence-electron chi connectivity index (χ0n) is 60.0. The number of likely N-dealkylation sites (N-methyl/N-ethyl adjacent to an activating group) is 6. The third kappa shape index (κ3) is 19.0. The van der Waals surface area contributed by atoms with Gasteiger partial charge in [0, 0.05) is 73.8 Å². The molecule has 4 heterocycles. The van der Waals surface area contributed by atoms with Crippen LogP contribution in [-0.4, -0.2) is 256 Å². The van der Waals surface area contributed by atoms with Gasteiger partial charge in [-0.05, 0) is 139 Å². The lowest BCUT2D eigenvalue weighted by atomic mass is 9.84. The van der Waals surface area contributed by atoms with E-state index >= 15 is 28.8 Å². The number of alkyl halides is 1. The second kappa shape index (κ2) is 35.1. The van der Waals surface area contributed by atoms with Crippen molar-refractivity contribution in [1.82, 2.24) is 60.0 Å². The van der Waals surface area contributed by atoms with Crippen molar-refractivity contribution in [3.8, 4) is 0 Å². The van der Waals surface area contributed by atoms with Crippen LogP contribution in [-0.2, 0) is 57.5 Å². The lowest BCUT2D eigenvalue weighted by Gasteiger charge is -2.42. The number of halogens is 1. The summed E-state index contributed by atoms with van der Waals surface area (Å²) in [6.45, 7) is 11.4. The molecule has 0 aromatic rings. The Hall–Kier alpha value is -6.07. The molecule has 7 fully saturated rings. The van der Waals surface area contributed by atoms with E-state index in [1.54, 1.807) is 32.7 Å². The Balaban J connectivity index is 1.26. The molecule has 7 aliphatic rings. The molecule has 0 aromatic heterocycles. The van der Waals surface area contributed by atoms with Crippen LogP contribution in [0.25, 0.3) is 0 Å². The molecule has 3 N–H and O–H groups in total. The van der Waals surface area contributed by atoms with Gasteiger partial charge in [0.25, 0.3) is 0 Å². The van der Waals surface area contributed by atoms with Crippen LogP contribution >= 0.6 is 11.6 Å². The molecule has 96 heavy (non-hydrogen) atoms. The highest BCUT2D eigenvalue weighted by Gasteiger charge is 2.51. The lowest BCUT2D eigenvalue weighted by molar-refractivity contribution is -0.156. The summed E-state index contributed by atoms with van der Waals surface area (Å²) in [5, 5.41) is 9.15. The quantitative estimate of drug-likeness (QED) is 0.222. The number of likely N-dealkylation sites (tertiary alicyclic amines) is 1. The van der Waals surface area contributed by atoms with Crippen LogP contribution in [0, 0.1) is 29.6 Å². The summed E-state index contributed by atoms with van der Waals surface area (Å²) in [6.07, 6.45) is 14.9. The number of rotatable bonds is 11. The van der Waals surface area contributed by atoms with Crippen LogP contribution in [0.15, 0.2) is 0 Å². The minimum Gasteiger partial charge on any atom is -0.343 e. The second-order valence-electron chi connectivity index (χ2n) is 30.3. The number of piperidine rings is 1. The van der Waals surface area contributed by atoms with Crippen LogP contribution in [0.1, 0.15) is 208 Å². The maximum absolute atomic E-state index is 15.4. The van der Waals surface area contributed by atoms with Gasteiger partial charge in [-0.15, -0.1) is 11.6 Å². The summed E-state index contributed by atoms with van der Waals surface area (Å²) in [4.78, 5) is 192. The zero-order chi connectivity index (χ0) is 70.5. The molecule has 1 spiro atoms. The van der Waals surface area contributed by atoms with E-state index in [4.69, 9.17) is 11.6 Å². The molecule has 0 unspecified atom stereocenters. The molecule has 24 nitrogen and oxygen atoms in total. The molecular weight excluding hydrogens is 1250 g/mol. The molecule has 12 amide bonds. The van der Waals surface area contributed by atoms with Crippen molar-refractivity contribution in [2.45, 2.75) is 268 Å². The van der Waals surface area contributed by atoms with Crippen molar-refractivity contribution in [3.05, 3.63) is 0 Å². The first-order valence-corrected chi connectivity index (χ1v) is 36.9. The summed E-state index contributed by atoms with van der Waals surface area (Å²) in [6, 6.07) is -8.91.